The number of aryl methyl sites for hydroxylation is 2. The molecule has 1 aliphatic carbocycles. The molecule has 1 aromatic rings. The molecular weight excluding hydrogens is 418 g/mol. The van der Waals surface area contributed by atoms with E-state index in [9.17, 15) is 19.2 Å². The lowest BCUT2D eigenvalue weighted by atomic mass is 9.77. The van der Waals surface area contributed by atoms with Crippen molar-refractivity contribution in [3.05, 3.63) is 29.3 Å². The van der Waals surface area contributed by atoms with Crippen molar-refractivity contribution in [1.29, 1.82) is 0 Å². The van der Waals surface area contributed by atoms with Gasteiger partial charge in [-0.25, -0.2) is 4.79 Å². The Morgan fingerprint density at radius 1 is 1.23 bits per heavy atom. The molecule has 0 radical (unpaired) electrons. The SMILES string of the molecule is Cc1ccc(SCCC(=O)OCC(=O)NN2C(=O)NC3(CCC(C)CC3)C2=O)cc1C. The number of carbonyl (C=O) groups is 4. The summed E-state index contributed by atoms with van der Waals surface area (Å²) in [6.07, 6.45) is 2.93. The van der Waals surface area contributed by atoms with Crippen molar-refractivity contribution in [2.24, 2.45) is 5.92 Å². The first kappa shape index (κ1) is 23.1. The number of nitrogens with zero attached hydrogens (tertiary/aromatic N) is 1. The van der Waals surface area contributed by atoms with Crippen molar-refractivity contribution in [3.8, 4) is 0 Å². The second-order valence-electron chi connectivity index (χ2n) is 8.38. The van der Waals surface area contributed by atoms with Crippen molar-refractivity contribution in [1.82, 2.24) is 15.8 Å². The van der Waals surface area contributed by atoms with Crippen LogP contribution in [-0.4, -0.2) is 46.7 Å². The fourth-order valence-corrected chi connectivity index (χ4v) is 4.68. The van der Waals surface area contributed by atoms with Crippen LogP contribution in [0.3, 0.4) is 0 Å². The Kier molecular flexibility index (Phi) is 7.25. The number of hydrogen-bond acceptors (Lipinski definition) is 6. The molecule has 0 unspecified atom stereocenters. The predicted molar refractivity (Wildman–Crippen MR) is 116 cm³/mol. The highest BCUT2D eigenvalue weighted by molar-refractivity contribution is 7.99. The first-order valence-electron chi connectivity index (χ1n) is 10.5. The number of benzene rings is 1. The van der Waals surface area contributed by atoms with Crippen LogP contribution < -0.4 is 10.7 Å². The predicted octanol–water partition coefficient (Wildman–Crippen LogP) is 2.86. The maximum atomic E-state index is 12.7. The van der Waals surface area contributed by atoms with E-state index in [4.69, 9.17) is 4.74 Å². The number of rotatable bonds is 7. The van der Waals surface area contributed by atoms with E-state index < -0.39 is 36.0 Å². The molecule has 0 bridgehead atoms. The van der Waals surface area contributed by atoms with Gasteiger partial charge in [0.1, 0.15) is 5.54 Å². The first-order valence-corrected chi connectivity index (χ1v) is 11.5. The van der Waals surface area contributed by atoms with Gasteiger partial charge in [0.15, 0.2) is 6.61 Å². The summed E-state index contributed by atoms with van der Waals surface area (Å²) >= 11 is 1.54. The lowest BCUT2D eigenvalue weighted by molar-refractivity contribution is -0.150. The molecule has 2 aliphatic rings. The van der Waals surface area contributed by atoms with Gasteiger partial charge >= 0.3 is 12.0 Å². The van der Waals surface area contributed by atoms with E-state index in [1.165, 1.54) is 22.9 Å². The molecule has 0 aromatic heterocycles. The molecule has 3 rings (SSSR count). The van der Waals surface area contributed by atoms with Crippen LogP contribution >= 0.6 is 11.8 Å². The Balaban J connectivity index is 1.40. The molecule has 1 spiro atoms. The van der Waals surface area contributed by atoms with Crippen LogP contribution in [0.2, 0.25) is 0 Å². The lowest BCUT2D eigenvalue weighted by Crippen LogP contribution is -2.52. The Morgan fingerprint density at radius 2 is 1.94 bits per heavy atom. The fraction of sp³-hybridized carbons (Fsp3) is 0.545. The zero-order chi connectivity index (χ0) is 22.6. The van der Waals surface area contributed by atoms with Gasteiger partial charge in [0, 0.05) is 10.6 Å². The highest BCUT2D eigenvalue weighted by Crippen LogP contribution is 2.35. The number of urea groups is 1. The molecule has 1 aliphatic heterocycles. The van der Waals surface area contributed by atoms with Gasteiger partial charge in [-0.3, -0.25) is 19.8 Å². The third-order valence-electron chi connectivity index (χ3n) is 5.94. The van der Waals surface area contributed by atoms with Gasteiger partial charge in [0.2, 0.25) is 0 Å². The van der Waals surface area contributed by atoms with Crippen LogP contribution in [0.1, 0.15) is 50.2 Å². The van der Waals surface area contributed by atoms with Crippen molar-refractivity contribution >= 4 is 35.6 Å². The topological polar surface area (TPSA) is 105 Å². The van der Waals surface area contributed by atoms with Crippen molar-refractivity contribution in [3.63, 3.8) is 0 Å². The van der Waals surface area contributed by atoms with E-state index in [1.807, 2.05) is 26.0 Å². The fourth-order valence-electron chi connectivity index (χ4n) is 3.75. The summed E-state index contributed by atoms with van der Waals surface area (Å²) in [5.74, 6) is -0.654. The number of nitrogens with one attached hydrogen (secondary N) is 2. The molecule has 4 amide bonds. The van der Waals surface area contributed by atoms with Crippen LogP contribution in [-0.2, 0) is 19.1 Å². The summed E-state index contributed by atoms with van der Waals surface area (Å²) in [6, 6.07) is 5.46. The molecule has 1 saturated heterocycles. The Bertz CT molecular complexity index is 880. The Morgan fingerprint density at radius 3 is 2.61 bits per heavy atom. The van der Waals surface area contributed by atoms with Gasteiger partial charge in [-0.15, -0.1) is 11.8 Å². The molecule has 0 atom stereocenters. The van der Waals surface area contributed by atoms with E-state index in [-0.39, 0.29) is 6.42 Å². The van der Waals surface area contributed by atoms with E-state index >= 15 is 0 Å². The quantitative estimate of drug-likeness (QED) is 0.378. The van der Waals surface area contributed by atoms with Crippen molar-refractivity contribution in [2.45, 2.75) is 63.3 Å². The monoisotopic (exact) mass is 447 g/mol. The molecular formula is C22H29N3O5S. The largest absolute Gasteiger partial charge is 0.455 e. The average Bonchev–Trinajstić information content (AvgIpc) is 2.95. The summed E-state index contributed by atoms with van der Waals surface area (Å²) in [4.78, 5) is 50.0. The van der Waals surface area contributed by atoms with Gasteiger partial charge in [0.25, 0.3) is 11.8 Å². The van der Waals surface area contributed by atoms with Crippen LogP contribution in [0.4, 0.5) is 4.79 Å². The van der Waals surface area contributed by atoms with E-state index in [0.717, 1.165) is 17.7 Å². The molecule has 9 heteroatoms. The Hall–Kier alpha value is -2.55. The minimum absolute atomic E-state index is 0.148. The molecule has 2 N–H and O–H groups in total. The van der Waals surface area contributed by atoms with E-state index in [0.29, 0.717) is 29.5 Å². The van der Waals surface area contributed by atoms with Crippen LogP contribution in [0, 0.1) is 19.8 Å². The van der Waals surface area contributed by atoms with Gasteiger partial charge in [0.05, 0.1) is 6.42 Å². The second-order valence-corrected chi connectivity index (χ2v) is 9.54. The zero-order valence-electron chi connectivity index (χ0n) is 18.2. The highest BCUT2D eigenvalue weighted by atomic mass is 32.2. The van der Waals surface area contributed by atoms with Crippen molar-refractivity contribution in [2.75, 3.05) is 12.4 Å². The van der Waals surface area contributed by atoms with Crippen LogP contribution in [0.15, 0.2) is 23.1 Å². The third kappa shape index (κ3) is 5.58. The lowest BCUT2D eigenvalue weighted by Gasteiger charge is -2.33. The zero-order valence-corrected chi connectivity index (χ0v) is 19.0. The second kappa shape index (κ2) is 9.72. The number of thioether (sulfide) groups is 1. The highest BCUT2D eigenvalue weighted by Gasteiger charge is 2.52. The Labute approximate surface area is 186 Å². The smallest absolute Gasteiger partial charge is 0.344 e. The molecule has 31 heavy (non-hydrogen) atoms. The van der Waals surface area contributed by atoms with Gasteiger partial charge in [-0.2, -0.15) is 5.01 Å². The van der Waals surface area contributed by atoms with Gasteiger partial charge < -0.3 is 10.1 Å². The summed E-state index contributed by atoms with van der Waals surface area (Å²) in [7, 11) is 0. The van der Waals surface area contributed by atoms with Crippen LogP contribution in [0.25, 0.3) is 0 Å². The number of amides is 4. The van der Waals surface area contributed by atoms with Crippen molar-refractivity contribution < 1.29 is 23.9 Å². The normalized spacial score (nSPS) is 23.1. The molecule has 1 saturated carbocycles. The number of carbonyl (C=O) groups excluding carboxylic acids is 4. The third-order valence-corrected chi connectivity index (χ3v) is 6.94. The van der Waals surface area contributed by atoms with Gasteiger partial charge in [-0.1, -0.05) is 13.0 Å². The number of hydrazine groups is 1. The summed E-state index contributed by atoms with van der Waals surface area (Å²) < 4.78 is 4.98. The summed E-state index contributed by atoms with van der Waals surface area (Å²) in [5.41, 5.74) is 3.73. The average molecular weight is 448 g/mol. The van der Waals surface area contributed by atoms with E-state index in [1.54, 1.807) is 0 Å². The standard InChI is InChI=1S/C22H29N3O5S/c1-14-6-9-22(10-7-14)20(28)25(21(29)23-22)24-18(26)13-30-19(27)8-11-31-17-5-4-15(2)16(3)12-17/h4-5,12,14H,6-11,13H2,1-3H3,(H,23,29)(H,24,26). The minimum atomic E-state index is -0.931. The molecule has 2 fully saturated rings. The van der Waals surface area contributed by atoms with E-state index in [2.05, 4.69) is 23.7 Å². The molecule has 1 heterocycles. The van der Waals surface area contributed by atoms with Crippen LogP contribution in [0.5, 0.6) is 0 Å². The maximum absolute atomic E-state index is 12.7. The number of imide groups is 1. The first-order chi connectivity index (χ1) is 14.7. The minimum Gasteiger partial charge on any atom is -0.455 e. The summed E-state index contributed by atoms with van der Waals surface area (Å²) in [6.45, 7) is 5.64. The maximum Gasteiger partial charge on any atom is 0.344 e. The number of esters is 1. The van der Waals surface area contributed by atoms with Gasteiger partial charge in [-0.05, 0) is 68.7 Å². The molecule has 168 valence electrons. The molecule has 1 aromatic carbocycles. The number of hydrogen-bond donors (Lipinski definition) is 2. The molecule has 8 nitrogen and oxygen atoms in total. The number of ether oxygens (including phenoxy) is 1. The summed E-state index contributed by atoms with van der Waals surface area (Å²) in [5, 5.41) is 3.43.